The number of carbonyl (C=O) groups excluding carboxylic acids is 1. The summed E-state index contributed by atoms with van der Waals surface area (Å²) in [7, 11) is 1.93. The number of hydrogen-bond donors (Lipinski definition) is 3. The Hall–Kier alpha value is -4.76. The SMILES string of the molecule is Cn1ccnc1-c1ccc(N/C(=C2\C(=O)Nc3ccc([N+](=O)[O-])cc32)c2ccc(CCN)cc2)cc1. The van der Waals surface area contributed by atoms with Crippen molar-refractivity contribution in [3.8, 4) is 11.4 Å². The number of carbonyl (C=O) groups is 1. The van der Waals surface area contributed by atoms with E-state index in [1.54, 1.807) is 12.3 Å². The highest BCUT2D eigenvalue weighted by molar-refractivity contribution is 6.37. The number of rotatable bonds is 7. The summed E-state index contributed by atoms with van der Waals surface area (Å²) >= 11 is 0. The fourth-order valence-electron chi connectivity index (χ4n) is 4.29. The first-order valence-corrected chi connectivity index (χ1v) is 11.4. The summed E-state index contributed by atoms with van der Waals surface area (Å²) in [6.07, 6.45) is 4.37. The van der Waals surface area contributed by atoms with E-state index in [4.69, 9.17) is 5.73 Å². The molecule has 0 bridgehead atoms. The zero-order chi connectivity index (χ0) is 25.2. The Bertz CT molecular complexity index is 1490. The summed E-state index contributed by atoms with van der Waals surface area (Å²) in [4.78, 5) is 28.5. The molecule has 0 spiro atoms. The Morgan fingerprint density at radius 1 is 1.11 bits per heavy atom. The second kappa shape index (κ2) is 9.47. The second-order valence-electron chi connectivity index (χ2n) is 8.49. The van der Waals surface area contributed by atoms with Crippen LogP contribution in [0.2, 0.25) is 0 Å². The molecule has 2 heterocycles. The third-order valence-corrected chi connectivity index (χ3v) is 6.12. The van der Waals surface area contributed by atoms with E-state index in [0.717, 1.165) is 34.6 Å². The molecule has 1 aromatic heterocycles. The Morgan fingerprint density at radius 3 is 2.50 bits per heavy atom. The highest BCUT2D eigenvalue weighted by atomic mass is 16.6. The highest BCUT2D eigenvalue weighted by Gasteiger charge is 2.30. The number of nitro groups is 1. The number of benzene rings is 3. The number of imidazole rings is 1. The largest absolute Gasteiger partial charge is 0.354 e. The topological polar surface area (TPSA) is 128 Å². The molecule has 1 aliphatic heterocycles. The summed E-state index contributed by atoms with van der Waals surface area (Å²) in [5, 5.41) is 17.6. The lowest BCUT2D eigenvalue weighted by atomic mass is 9.98. The van der Waals surface area contributed by atoms with E-state index in [9.17, 15) is 14.9 Å². The van der Waals surface area contributed by atoms with Crippen molar-refractivity contribution in [1.29, 1.82) is 0 Å². The van der Waals surface area contributed by atoms with E-state index >= 15 is 0 Å². The zero-order valence-corrected chi connectivity index (χ0v) is 19.6. The Morgan fingerprint density at radius 2 is 1.86 bits per heavy atom. The molecule has 0 aliphatic carbocycles. The molecule has 3 aromatic carbocycles. The fourth-order valence-corrected chi connectivity index (χ4v) is 4.29. The molecule has 0 saturated heterocycles. The van der Waals surface area contributed by atoms with Gasteiger partial charge in [-0.15, -0.1) is 0 Å². The Labute approximate surface area is 207 Å². The summed E-state index contributed by atoms with van der Waals surface area (Å²) in [5.74, 6) is 0.510. The maximum absolute atomic E-state index is 13.1. The van der Waals surface area contributed by atoms with E-state index in [1.807, 2.05) is 66.3 Å². The number of nitro benzene ring substituents is 1. The average molecular weight is 481 g/mol. The van der Waals surface area contributed by atoms with Gasteiger partial charge in [-0.05, 0) is 54.4 Å². The molecule has 180 valence electrons. The minimum atomic E-state index is -0.467. The number of hydrogen-bond acceptors (Lipinski definition) is 6. The standard InChI is InChI=1S/C27H24N6O3/c1-32-15-14-29-26(32)19-6-8-20(9-7-19)30-25(18-4-2-17(3-5-18)12-13-28)24-22-16-21(33(35)36)10-11-23(22)31-27(24)34/h2-11,14-16,30H,12-13,28H2,1H3,(H,31,34)/b25-24-. The first-order chi connectivity index (χ1) is 17.4. The van der Waals surface area contributed by atoms with Gasteiger partial charge in [-0.1, -0.05) is 24.3 Å². The van der Waals surface area contributed by atoms with Gasteiger partial charge >= 0.3 is 0 Å². The molecule has 0 atom stereocenters. The van der Waals surface area contributed by atoms with Crippen LogP contribution in [0, 0.1) is 10.1 Å². The molecule has 0 saturated carbocycles. The smallest absolute Gasteiger partial charge is 0.270 e. The number of aryl methyl sites for hydroxylation is 1. The normalized spacial score (nSPS) is 13.8. The lowest BCUT2D eigenvalue weighted by molar-refractivity contribution is -0.384. The van der Waals surface area contributed by atoms with Crippen molar-refractivity contribution in [2.45, 2.75) is 6.42 Å². The van der Waals surface area contributed by atoms with Gasteiger partial charge in [-0.3, -0.25) is 14.9 Å². The van der Waals surface area contributed by atoms with Crippen molar-refractivity contribution in [3.63, 3.8) is 0 Å². The summed E-state index contributed by atoms with van der Waals surface area (Å²) < 4.78 is 1.94. The predicted molar refractivity (Wildman–Crippen MR) is 140 cm³/mol. The second-order valence-corrected chi connectivity index (χ2v) is 8.49. The molecule has 1 amide bonds. The van der Waals surface area contributed by atoms with Crippen LogP contribution in [-0.2, 0) is 18.3 Å². The van der Waals surface area contributed by atoms with Crippen LogP contribution in [0.25, 0.3) is 22.7 Å². The minimum absolute atomic E-state index is 0.0835. The van der Waals surface area contributed by atoms with E-state index in [0.29, 0.717) is 29.1 Å². The Kier molecular flexibility index (Phi) is 6.05. The van der Waals surface area contributed by atoms with E-state index in [2.05, 4.69) is 15.6 Å². The van der Waals surface area contributed by atoms with Gasteiger partial charge in [-0.2, -0.15) is 0 Å². The van der Waals surface area contributed by atoms with Crippen LogP contribution in [0.4, 0.5) is 17.1 Å². The van der Waals surface area contributed by atoms with Crippen molar-refractivity contribution in [2.75, 3.05) is 17.2 Å². The van der Waals surface area contributed by atoms with Crippen LogP contribution < -0.4 is 16.4 Å². The average Bonchev–Trinajstić information content (AvgIpc) is 3.45. The number of non-ortho nitro benzene ring substituents is 1. The number of nitrogens with zero attached hydrogens (tertiary/aromatic N) is 3. The predicted octanol–water partition coefficient (Wildman–Crippen LogP) is 4.43. The highest BCUT2D eigenvalue weighted by Crippen LogP contribution is 2.39. The van der Waals surface area contributed by atoms with Crippen LogP contribution >= 0.6 is 0 Å². The molecule has 1 aliphatic rings. The summed E-state index contributed by atoms with van der Waals surface area (Å²) in [6.45, 7) is 0.535. The zero-order valence-electron chi connectivity index (χ0n) is 19.6. The quantitative estimate of drug-likeness (QED) is 0.204. The molecular formula is C27H24N6O3. The van der Waals surface area contributed by atoms with Gasteiger partial charge in [0.1, 0.15) is 5.82 Å². The number of fused-ring (bicyclic) bond motifs is 1. The van der Waals surface area contributed by atoms with Crippen molar-refractivity contribution in [2.24, 2.45) is 12.8 Å². The van der Waals surface area contributed by atoms with Gasteiger partial charge in [0.15, 0.2) is 0 Å². The molecule has 0 radical (unpaired) electrons. The minimum Gasteiger partial charge on any atom is -0.354 e. The first-order valence-electron chi connectivity index (χ1n) is 11.4. The first kappa shape index (κ1) is 23.0. The van der Waals surface area contributed by atoms with Gasteiger partial charge < -0.3 is 20.9 Å². The monoisotopic (exact) mass is 480 g/mol. The van der Waals surface area contributed by atoms with Crippen molar-refractivity contribution in [1.82, 2.24) is 9.55 Å². The van der Waals surface area contributed by atoms with Crippen LogP contribution in [-0.4, -0.2) is 26.9 Å². The fraction of sp³-hybridized carbons (Fsp3) is 0.111. The molecule has 9 nitrogen and oxygen atoms in total. The van der Waals surface area contributed by atoms with Crippen molar-refractivity contribution >= 4 is 34.2 Å². The van der Waals surface area contributed by atoms with Gasteiger partial charge in [0.05, 0.1) is 16.2 Å². The number of nitrogens with two attached hydrogens (primary N) is 1. The summed E-state index contributed by atoms with van der Waals surface area (Å²) in [5.41, 5.74) is 11.1. The maximum Gasteiger partial charge on any atom is 0.270 e. The van der Waals surface area contributed by atoms with Crippen LogP contribution in [0.5, 0.6) is 0 Å². The van der Waals surface area contributed by atoms with Gasteiger partial charge in [-0.25, -0.2) is 4.98 Å². The van der Waals surface area contributed by atoms with E-state index in [-0.39, 0.29) is 11.6 Å². The van der Waals surface area contributed by atoms with Crippen LogP contribution in [0.3, 0.4) is 0 Å². The lowest BCUT2D eigenvalue weighted by Crippen LogP contribution is -2.10. The molecule has 0 unspecified atom stereocenters. The van der Waals surface area contributed by atoms with Crippen molar-refractivity contribution in [3.05, 3.63) is 106 Å². The van der Waals surface area contributed by atoms with E-state index in [1.165, 1.54) is 12.1 Å². The molecule has 0 fully saturated rings. The number of amides is 1. The molecule has 5 rings (SSSR count). The molecule has 4 aromatic rings. The third-order valence-electron chi connectivity index (χ3n) is 6.12. The van der Waals surface area contributed by atoms with E-state index < -0.39 is 4.92 Å². The third kappa shape index (κ3) is 4.35. The lowest BCUT2D eigenvalue weighted by Gasteiger charge is -2.16. The molecule has 9 heteroatoms. The summed E-state index contributed by atoms with van der Waals surface area (Å²) in [6, 6.07) is 19.9. The van der Waals surface area contributed by atoms with Gasteiger partial charge in [0, 0.05) is 54.1 Å². The van der Waals surface area contributed by atoms with Gasteiger partial charge in [0.25, 0.3) is 11.6 Å². The molecular weight excluding hydrogens is 456 g/mol. The molecule has 36 heavy (non-hydrogen) atoms. The maximum atomic E-state index is 13.1. The van der Waals surface area contributed by atoms with Crippen molar-refractivity contribution < 1.29 is 9.72 Å². The number of aromatic nitrogens is 2. The van der Waals surface area contributed by atoms with Crippen LogP contribution in [0.1, 0.15) is 16.7 Å². The van der Waals surface area contributed by atoms with Crippen LogP contribution in [0.15, 0.2) is 79.1 Å². The number of nitrogens with one attached hydrogen (secondary N) is 2. The Balaban J connectivity index is 1.61. The number of anilines is 2. The molecule has 4 N–H and O–H groups in total. The van der Waals surface area contributed by atoms with Gasteiger partial charge in [0.2, 0.25) is 0 Å².